The number of benzene rings is 5. The number of rotatable bonds is 6. The number of hydrogen-bond acceptors (Lipinski definition) is 2. The molecule has 0 aliphatic rings. The van der Waals surface area contributed by atoms with E-state index in [4.69, 9.17) is 23.2 Å². The topological polar surface area (TPSA) is 6.48 Å². The summed E-state index contributed by atoms with van der Waals surface area (Å²) in [4.78, 5) is 4.35. The summed E-state index contributed by atoms with van der Waals surface area (Å²) in [7, 11) is 0. The smallest absolute Gasteiger partial charge is 0.0834 e. The van der Waals surface area contributed by atoms with Crippen molar-refractivity contribution in [3.05, 3.63) is 142 Å². The van der Waals surface area contributed by atoms with E-state index in [2.05, 4.69) is 103 Å². The summed E-state index contributed by atoms with van der Waals surface area (Å²) >= 11 is 13.7. The van der Waals surface area contributed by atoms with Crippen molar-refractivity contribution in [2.45, 2.75) is 13.8 Å². The first-order valence-corrected chi connectivity index (χ1v) is 12.6. The zero-order valence-electron chi connectivity index (χ0n) is 20.2. The Morgan fingerprint density at radius 2 is 0.861 bits per heavy atom. The normalized spacial score (nSPS) is 10.8. The second kappa shape index (κ2) is 10.5. The van der Waals surface area contributed by atoms with Gasteiger partial charge in [0.15, 0.2) is 0 Å². The van der Waals surface area contributed by atoms with Gasteiger partial charge in [0.25, 0.3) is 0 Å². The van der Waals surface area contributed by atoms with Gasteiger partial charge in [0.05, 0.1) is 15.7 Å². The molecule has 5 aromatic carbocycles. The van der Waals surface area contributed by atoms with E-state index in [0.717, 1.165) is 34.1 Å². The first-order chi connectivity index (χ1) is 17.5. The first-order valence-electron chi connectivity index (χ1n) is 11.8. The van der Waals surface area contributed by atoms with Gasteiger partial charge in [-0.15, -0.1) is 0 Å². The Hall–Kier alpha value is -3.72. The molecular weight excluding hydrogens is 483 g/mol. The van der Waals surface area contributed by atoms with Crippen LogP contribution in [0, 0.1) is 13.8 Å². The summed E-state index contributed by atoms with van der Waals surface area (Å²) in [6, 6.07) is 41.4. The van der Waals surface area contributed by atoms with Gasteiger partial charge >= 0.3 is 0 Å². The Balaban J connectivity index is 1.73. The van der Waals surface area contributed by atoms with Gasteiger partial charge in [-0.1, -0.05) is 95.0 Å². The highest BCUT2D eigenvalue weighted by Crippen LogP contribution is 2.46. The van der Waals surface area contributed by atoms with Gasteiger partial charge in [-0.2, -0.15) is 0 Å². The highest BCUT2D eigenvalue weighted by molar-refractivity contribution is 6.44. The minimum Gasteiger partial charge on any atom is -0.310 e. The van der Waals surface area contributed by atoms with Crippen LogP contribution in [0.25, 0.3) is 0 Å². The second-order valence-corrected chi connectivity index (χ2v) is 9.56. The summed E-state index contributed by atoms with van der Waals surface area (Å²) in [5.74, 6) is 0. The SMILES string of the molecule is Cc1ccc(N(c2ccc(C)cc2)c2cc(N(c3ccccc3)c3ccccc3)cc(Cl)c2Cl)cc1. The molecule has 0 aromatic heterocycles. The molecule has 5 aromatic rings. The maximum Gasteiger partial charge on any atom is 0.0834 e. The molecule has 0 radical (unpaired) electrons. The Bertz CT molecular complexity index is 1360. The monoisotopic (exact) mass is 508 g/mol. The summed E-state index contributed by atoms with van der Waals surface area (Å²) in [6.45, 7) is 4.17. The lowest BCUT2D eigenvalue weighted by molar-refractivity contribution is 1.24. The number of nitrogens with zero attached hydrogens (tertiary/aromatic N) is 2. The fraction of sp³-hybridized carbons (Fsp3) is 0.0625. The van der Waals surface area contributed by atoms with Crippen molar-refractivity contribution in [3.8, 4) is 0 Å². The third-order valence-electron chi connectivity index (χ3n) is 6.11. The molecule has 5 rings (SSSR count). The van der Waals surface area contributed by atoms with Crippen molar-refractivity contribution in [3.63, 3.8) is 0 Å². The van der Waals surface area contributed by atoms with Gasteiger partial charge in [0, 0.05) is 28.4 Å². The number of anilines is 6. The van der Waals surface area contributed by atoms with E-state index in [0.29, 0.717) is 10.0 Å². The van der Waals surface area contributed by atoms with Crippen molar-refractivity contribution < 1.29 is 0 Å². The molecule has 0 aliphatic carbocycles. The average Bonchev–Trinajstić information content (AvgIpc) is 2.90. The van der Waals surface area contributed by atoms with Crippen molar-refractivity contribution in [1.82, 2.24) is 0 Å². The molecule has 0 saturated heterocycles. The van der Waals surface area contributed by atoms with Crippen LogP contribution < -0.4 is 9.80 Å². The number of hydrogen-bond donors (Lipinski definition) is 0. The van der Waals surface area contributed by atoms with Gasteiger partial charge in [-0.25, -0.2) is 0 Å². The van der Waals surface area contributed by atoms with Crippen molar-refractivity contribution in [1.29, 1.82) is 0 Å². The summed E-state index contributed by atoms with van der Waals surface area (Å²) < 4.78 is 0. The lowest BCUT2D eigenvalue weighted by Gasteiger charge is -2.30. The molecule has 0 N–H and O–H groups in total. The third-order valence-corrected chi connectivity index (χ3v) is 6.90. The molecule has 0 fully saturated rings. The molecule has 0 amide bonds. The minimum absolute atomic E-state index is 0.491. The van der Waals surface area contributed by atoms with Crippen molar-refractivity contribution in [2.24, 2.45) is 0 Å². The van der Waals surface area contributed by atoms with Crippen LogP contribution in [-0.2, 0) is 0 Å². The molecule has 0 atom stereocenters. The molecular formula is C32H26Cl2N2. The maximum absolute atomic E-state index is 6.93. The van der Waals surface area contributed by atoms with Gasteiger partial charge in [-0.3, -0.25) is 0 Å². The summed E-state index contributed by atoms with van der Waals surface area (Å²) in [5.41, 5.74) is 8.19. The van der Waals surface area contributed by atoms with Crippen LogP contribution in [0.5, 0.6) is 0 Å². The number of halogens is 2. The predicted molar refractivity (Wildman–Crippen MR) is 155 cm³/mol. The lowest BCUT2D eigenvalue weighted by atomic mass is 10.1. The Morgan fingerprint density at radius 1 is 0.444 bits per heavy atom. The Labute approximate surface area is 223 Å². The quantitative estimate of drug-likeness (QED) is 0.225. The number of para-hydroxylation sites is 2. The molecule has 0 aliphatic heterocycles. The van der Waals surface area contributed by atoms with Crippen LogP contribution in [0.2, 0.25) is 10.0 Å². The van der Waals surface area contributed by atoms with Crippen LogP contribution in [0.4, 0.5) is 34.1 Å². The predicted octanol–water partition coefficient (Wildman–Crippen LogP) is 10.5. The average molecular weight is 509 g/mol. The molecule has 178 valence electrons. The summed E-state index contributed by atoms with van der Waals surface area (Å²) in [6.07, 6.45) is 0. The molecule has 36 heavy (non-hydrogen) atoms. The van der Waals surface area contributed by atoms with Crippen LogP contribution >= 0.6 is 23.2 Å². The fourth-order valence-corrected chi connectivity index (χ4v) is 4.67. The standard InChI is InChI=1S/C32H26Cl2N2/c1-23-13-17-27(18-14-23)36(28-19-15-24(2)16-20-28)31-22-29(21-30(33)32(31)34)35(25-9-5-3-6-10-25)26-11-7-4-8-12-26/h3-22H,1-2H3. The van der Waals surface area contributed by atoms with E-state index in [1.54, 1.807) is 0 Å². The van der Waals surface area contributed by atoms with Gasteiger partial charge < -0.3 is 9.80 Å². The minimum atomic E-state index is 0.491. The number of aryl methyl sites for hydroxylation is 2. The van der Waals surface area contributed by atoms with E-state index in [1.165, 1.54) is 11.1 Å². The highest BCUT2D eigenvalue weighted by Gasteiger charge is 2.21. The maximum atomic E-state index is 6.93. The molecule has 0 bridgehead atoms. The van der Waals surface area contributed by atoms with Crippen molar-refractivity contribution >= 4 is 57.3 Å². The zero-order valence-corrected chi connectivity index (χ0v) is 21.7. The Morgan fingerprint density at radius 3 is 1.31 bits per heavy atom. The third kappa shape index (κ3) is 4.97. The van der Waals surface area contributed by atoms with Crippen molar-refractivity contribution in [2.75, 3.05) is 9.80 Å². The van der Waals surface area contributed by atoms with Gasteiger partial charge in [0.2, 0.25) is 0 Å². The molecule has 2 nitrogen and oxygen atoms in total. The van der Waals surface area contributed by atoms with E-state index >= 15 is 0 Å². The van der Waals surface area contributed by atoms with Crippen LogP contribution in [0.1, 0.15) is 11.1 Å². The Kier molecular flexibility index (Phi) is 6.99. The first kappa shape index (κ1) is 24.0. The molecule has 4 heteroatoms. The molecule has 0 unspecified atom stereocenters. The van der Waals surface area contributed by atoms with Crippen LogP contribution in [0.3, 0.4) is 0 Å². The summed E-state index contributed by atoms with van der Waals surface area (Å²) in [5, 5.41) is 0.993. The van der Waals surface area contributed by atoms with E-state index in [-0.39, 0.29) is 0 Å². The lowest BCUT2D eigenvalue weighted by Crippen LogP contribution is -2.14. The van der Waals surface area contributed by atoms with E-state index in [1.807, 2.05) is 42.5 Å². The molecule has 0 spiro atoms. The molecule has 0 heterocycles. The fourth-order valence-electron chi connectivity index (χ4n) is 4.27. The van der Waals surface area contributed by atoms with Gasteiger partial charge in [0.1, 0.15) is 0 Å². The zero-order chi connectivity index (χ0) is 25.1. The van der Waals surface area contributed by atoms with Crippen LogP contribution in [0.15, 0.2) is 121 Å². The highest BCUT2D eigenvalue weighted by atomic mass is 35.5. The van der Waals surface area contributed by atoms with E-state index in [9.17, 15) is 0 Å². The second-order valence-electron chi connectivity index (χ2n) is 8.77. The van der Waals surface area contributed by atoms with Crippen LogP contribution in [-0.4, -0.2) is 0 Å². The molecule has 0 saturated carbocycles. The van der Waals surface area contributed by atoms with E-state index < -0.39 is 0 Å². The largest absolute Gasteiger partial charge is 0.310 e. The van der Waals surface area contributed by atoms with Gasteiger partial charge in [-0.05, 0) is 74.5 Å².